The molecule has 0 fully saturated rings. The molecule has 0 amide bonds. The van der Waals surface area contributed by atoms with Crippen LogP contribution in [0.4, 0.5) is 0 Å². The summed E-state index contributed by atoms with van der Waals surface area (Å²) in [5.74, 6) is -0.0284. The lowest BCUT2D eigenvalue weighted by Gasteiger charge is -1.92. The summed E-state index contributed by atoms with van der Waals surface area (Å²) in [4.78, 5) is 3.68. The smallest absolute Gasteiger partial charge is 0.230 e. The summed E-state index contributed by atoms with van der Waals surface area (Å²) in [7, 11) is 0. The molecule has 2 aromatic heterocycles. The molecule has 0 atom stereocenters. The summed E-state index contributed by atoms with van der Waals surface area (Å²) in [5.41, 5.74) is 0.366. The molecule has 4 nitrogen and oxygen atoms in total. The van der Waals surface area contributed by atoms with Crippen LogP contribution >= 0.6 is 0 Å². The van der Waals surface area contributed by atoms with E-state index in [1.54, 1.807) is 16.7 Å². The normalized spacial score (nSPS) is 10.5. The number of rotatable bonds is 0. The Morgan fingerprint density at radius 1 is 1.36 bits per heavy atom. The van der Waals surface area contributed by atoms with E-state index < -0.39 is 0 Å². The van der Waals surface area contributed by atoms with Gasteiger partial charge in [-0.25, -0.2) is 0 Å². The van der Waals surface area contributed by atoms with Gasteiger partial charge in [-0.3, -0.25) is 0 Å². The number of aromatic nitrogens is 2. The van der Waals surface area contributed by atoms with Gasteiger partial charge in [0.15, 0.2) is 11.4 Å². The van der Waals surface area contributed by atoms with Gasteiger partial charge in [0.05, 0.1) is 6.20 Å². The standard InChI is InChI=1S/C7H6N2O2/c10-5-2-1-3-9-4-6(11)8-7(5)9/h1-4,10-11H. The molecule has 2 rings (SSSR count). The highest BCUT2D eigenvalue weighted by Gasteiger charge is 2.01. The second-order valence-corrected chi connectivity index (χ2v) is 2.22. The van der Waals surface area contributed by atoms with Crippen LogP contribution in [-0.4, -0.2) is 19.6 Å². The zero-order chi connectivity index (χ0) is 7.84. The first kappa shape index (κ1) is 6.03. The highest BCUT2D eigenvalue weighted by atomic mass is 16.3. The van der Waals surface area contributed by atoms with E-state index in [0.29, 0.717) is 5.65 Å². The topological polar surface area (TPSA) is 57.8 Å². The molecule has 56 valence electrons. The Morgan fingerprint density at radius 3 is 2.91 bits per heavy atom. The zero-order valence-corrected chi connectivity index (χ0v) is 5.60. The van der Waals surface area contributed by atoms with E-state index in [-0.39, 0.29) is 11.6 Å². The van der Waals surface area contributed by atoms with E-state index in [9.17, 15) is 5.11 Å². The van der Waals surface area contributed by atoms with E-state index in [4.69, 9.17) is 5.11 Å². The van der Waals surface area contributed by atoms with E-state index >= 15 is 0 Å². The van der Waals surface area contributed by atoms with E-state index in [0.717, 1.165) is 0 Å². The van der Waals surface area contributed by atoms with Gasteiger partial charge in [0, 0.05) is 6.20 Å². The quantitative estimate of drug-likeness (QED) is 0.582. The third kappa shape index (κ3) is 0.797. The number of imidazole rings is 1. The first-order chi connectivity index (χ1) is 5.27. The molecule has 0 bridgehead atoms. The second-order valence-electron chi connectivity index (χ2n) is 2.22. The fourth-order valence-electron chi connectivity index (χ4n) is 0.985. The Kier molecular flexibility index (Phi) is 1.03. The molecule has 0 saturated heterocycles. The van der Waals surface area contributed by atoms with Crippen molar-refractivity contribution in [3.63, 3.8) is 0 Å². The van der Waals surface area contributed by atoms with Crippen LogP contribution in [0.2, 0.25) is 0 Å². The summed E-state index contributed by atoms with van der Waals surface area (Å²) in [5, 5.41) is 18.1. The molecule has 2 N–H and O–H groups in total. The first-order valence-electron chi connectivity index (χ1n) is 3.13. The van der Waals surface area contributed by atoms with Crippen molar-refractivity contribution in [1.82, 2.24) is 9.38 Å². The molecule has 2 heterocycles. The summed E-state index contributed by atoms with van der Waals surface area (Å²) >= 11 is 0. The minimum Gasteiger partial charge on any atom is -0.504 e. The van der Waals surface area contributed by atoms with Gasteiger partial charge in [0.1, 0.15) is 0 Å². The molecule has 0 unspecified atom stereocenters. The number of pyridine rings is 1. The lowest BCUT2D eigenvalue weighted by Crippen LogP contribution is -1.80. The molecule has 0 saturated carbocycles. The van der Waals surface area contributed by atoms with E-state index in [2.05, 4.69) is 4.98 Å². The molecular weight excluding hydrogens is 144 g/mol. The zero-order valence-electron chi connectivity index (χ0n) is 5.60. The van der Waals surface area contributed by atoms with Crippen molar-refractivity contribution < 1.29 is 10.2 Å². The Morgan fingerprint density at radius 2 is 2.18 bits per heavy atom. The lowest BCUT2D eigenvalue weighted by atomic mass is 10.4. The maximum atomic E-state index is 9.19. The molecule has 0 aliphatic rings. The average Bonchev–Trinajstić information content (AvgIpc) is 2.31. The van der Waals surface area contributed by atoms with Crippen molar-refractivity contribution in [2.75, 3.05) is 0 Å². The number of nitrogens with zero attached hydrogens (tertiary/aromatic N) is 2. The largest absolute Gasteiger partial charge is 0.504 e. The van der Waals surface area contributed by atoms with Gasteiger partial charge in [-0.15, -0.1) is 0 Å². The van der Waals surface area contributed by atoms with Crippen LogP contribution in [-0.2, 0) is 0 Å². The first-order valence-corrected chi connectivity index (χ1v) is 3.13. The van der Waals surface area contributed by atoms with Crippen LogP contribution in [0.5, 0.6) is 11.6 Å². The van der Waals surface area contributed by atoms with Crippen LogP contribution in [0.25, 0.3) is 5.65 Å². The molecule has 0 aliphatic carbocycles. The maximum absolute atomic E-state index is 9.19. The summed E-state index contributed by atoms with van der Waals surface area (Å²) in [6.07, 6.45) is 3.12. The Labute approximate surface area is 62.4 Å². The Hall–Kier alpha value is -1.71. The monoisotopic (exact) mass is 150 g/mol. The summed E-state index contributed by atoms with van der Waals surface area (Å²) < 4.78 is 1.55. The van der Waals surface area contributed by atoms with Gasteiger partial charge in [0.25, 0.3) is 0 Å². The number of fused-ring (bicyclic) bond motifs is 1. The third-order valence-electron chi connectivity index (χ3n) is 1.45. The molecule has 4 heteroatoms. The van der Waals surface area contributed by atoms with Crippen molar-refractivity contribution in [1.29, 1.82) is 0 Å². The number of hydrogen-bond donors (Lipinski definition) is 2. The fourth-order valence-corrected chi connectivity index (χ4v) is 0.985. The van der Waals surface area contributed by atoms with Crippen LogP contribution in [0.1, 0.15) is 0 Å². The summed E-state index contributed by atoms with van der Waals surface area (Å²) in [6.45, 7) is 0. The predicted octanol–water partition coefficient (Wildman–Crippen LogP) is 0.745. The van der Waals surface area contributed by atoms with Gasteiger partial charge in [-0.05, 0) is 12.1 Å². The molecule has 11 heavy (non-hydrogen) atoms. The average molecular weight is 150 g/mol. The molecule has 0 radical (unpaired) electrons. The minimum atomic E-state index is -0.0912. The van der Waals surface area contributed by atoms with Gasteiger partial charge < -0.3 is 14.6 Å². The van der Waals surface area contributed by atoms with Crippen LogP contribution in [0, 0.1) is 0 Å². The van der Waals surface area contributed by atoms with Gasteiger partial charge in [-0.1, -0.05) is 0 Å². The summed E-state index contributed by atoms with van der Waals surface area (Å²) in [6, 6.07) is 3.19. The molecule has 2 aromatic rings. The lowest BCUT2D eigenvalue weighted by molar-refractivity contribution is 0.455. The van der Waals surface area contributed by atoms with Gasteiger partial charge in [-0.2, -0.15) is 4.98 Å². The molecular formula is C7H6N2O2. The Bertz CT molecular complexity index is 394. The molecule has 0 aromatic carbocycles. The number of aromatic hydroxyl groups is 2. The number of hydrogen-bond acceptors (Lipinski definition) is 3. The van der Waals surface area contributed by atoms with Crippen molar-refractivity contribution in [3.8, 4) is 11.6 Å². The van der Waals surface area contributed by atoms with E-state index in [1.165, 1.54) is 12.3 Å². The molecule has 0 spiro atoms. The van der Waals surface area contributed by atoms with Crippen molar-refractivity contribution in [2.45, 2.75) is 0 Å². The highest BCUT2D eigenvalue weighted by molar-refractivity contribution is 5.53. The second kappa shape index (κ2) is 1.88. The molecule has 0 aliphatic heterocycles. The van der Waals surface area contributed by atoms with Crippen molar-refractivity contribution >= 4 is 5.65 Å². The third-order valence-corrected chi connectivity index (χ3v) is 1.45. The maximum Gasteiger partial charge on any atom is 0.230 e. The van der Waals surface area contributed by atoms with Crippen LogP contribution in [0.15, 0.2) is 24.5 Å². The van der Waals surface area contributed by atoms with Crippen molar-refractivity contribution in [3.05, 3.63) is 24.5 Å². The predicted molar refractivity (Wildman–Crippen MR) is 38.5 cm³/mol. The fraction of sp³-hybridized carbons (Fsp3) is 0. The SMILES string of the molecule is Oc1cn2cccc(O)c2n1. The van der Waals surface area contributed by atoms with Gasteiger partial charge >= 0.3 is 0 Å². The minimum absolute atomic E-state index is 0.0628. The van der Waals surface area contributed by atoms with Gasteiger partial charge in [0.2, 0.25) is 5.88 Å². The highest BCUT2D eigenvalue weighted by Crippen LogP contribution is 2.18. The van der Waals surface area contributed by atoms with E-state index in [1.807, 2.05) is 0 Å². The Balaban J connectivity index is 2.90. The van der Waals surface area contributed by atoms with Crippen LogP contribution < -0.4 is 0 Å². The van der Waals surface area contributed by atoms with Crippen molar-refractivity contribution in [2.24, 2.45) is 0 Å². The van der Waals surface area contributed by atoms with Crippen LogP contribution in [0.3, 0.4) is 0 Å².